The summed E-state index contributed by atoms with van der Waals surface area (Å²) in [5.74, 6) is -0.133. The van der Waals surface area contributed by atoms with Gasteiger partial charge in [0.25, 0.3) is 0 Å². The van der Waals surface area contributed by atoms with E-state index in [4.69, 9.17) is 0 Å². The van der Waals surface area contributed by atoms with Crippen molar-refractivity contribution in [1.29, 1.82) is 0 Å². The van der Waals surface area contributed by atoms with Gasteiger partial charge in [-0.2, -0.15) is 0 Å². The average Bonchev–Trinajstić information content (AvgIpc) is 2.47. The number of hydrogen-bond acceptors (Lipinski definition) is 3. The molecule has 0 bridgehead atoms. The van der Waals surface area contributed by atoms with Gasteiger partial charge in [-0.05, 0) is 37.5 Å². The second-order valence-corrected chi connectivity index (χ2v) is 5.14. The smallest absolute Gasteiger partial charge is 0.223 e. The van der Waals surface area contributed by atoms with Crippen molar-refractivity contribution in [3.05, 3.63) is 29.6 Å². The van der Waals surface area contributed by atoms with Crippen molar-refractivity contribution in [1.82, 2.24) is 10.2 Å². The van der Waals surface area contributed by atoms with E-state index in [1.54, 1.807) is 0 Å². The summed E-state index contributed by atoms with van der Waals surface area (Å²) in [6, 6.07) is 3.86. The number of likely N-dealkylation sites (tertiary alicyclic amines) is 1. The second kappa shape index (κ2) is 7.24. The molecule has 20 heavy (non-hydrogen) atoms. The van der Waals surface area contributed by atoms with Crippen LogP contribution in [0.5, 0.6) is 5.75 Å². The molecule has 1 aromatic carbocycles. The highest BCUT2D eigenvalue weighted by Gasteiger charge is 2.15. The summed E-state index contributed by atoms with van der Waals surface area (Å²) in [4.78, 5) is 13.8. The zero-order chi connectivity index (χ0) is 14.4. The summed E-state index contributed by atoms with van der Waals surface area (Å²) in [5, 5.41) is 12.6. The first-order chi connectivity index (χ1) is 9.66. The van der Waals surface area contributed by atoms with Crippen molar-refractivity contribution < 1.29 is 14.3 Å². The van der Waals surface area contributed by atoms with Crippen LogP contribution < -0.4 is 5.32 Å². The zero-order valence-electron chi connectivity index (χ0n) is 11.6. The van der Waals surface area contributed by atoms with E-state index in [0.717, 1.165) is 25.9 Å². The van der Waals surface area contributed by atoms with Gasteiger partial charge in [0.05, 0.1) is 0 Å². The number of hydrogen-bond donors (Lipinski definition) is 2. The van der Waals surface area contributed by atoms with Gasteiger partial charge in [-0.15, -0.1) is 0 Å². The van der Waals surface area contributed by atoms with E-state index in [1.807, 2.05) is 4.90 Å². The first-order valence-corrected chi connectivity index (χ1v) is 7.13. The normalized spacial score (nSPS) is 15.3. The molecule has 110 valence electrons. The molecule has 0 saturated carbocycles. The minimum atomic E-state index is -0.371. The highest BCUT2D eigenvalue weighted by molar-refractivity contribution is 5.76. The van der Waals surface area contributed by atoms with Gasteiger partial charge in [0.15, 0.2) is 0 Å². The van der Waals surface area contributed by atoms with E-state index < -0.39 is 0 Å². The van der Waals surface area contributed by atoms with Gasteiger partial charge >= 0.3 is 0 Å². The van der Waals surface area contributed by atoms with Crippen LogP contribution in [0.25, 0.3) is 0 Å². The van der Waals surface area contributed by atoms with Gasteiger partial charge in [-0.1, -0.05) is 0 Å². The van der Waals surface area contributed by atoms with E-state index >= 15 is 0 Å². The Morgan fingerprint density at radius 3 is 2.80 bits per heavy atom. The molecule has 4 nitrogen and oxygen atoms in total. The molecule has 0 atom stereocenters. The second-order valence-electron chi connectivity index (χ2n) is 5.14. The molecule has 2 N–H and O–H groups in total. The predicted octanol–water partition coefficient (Wildman–Crippen LogP) is 2.02. The Hall–Kier alpha value is -1.62. The lowest BCUT2D eigenvalue weighted by molar-refractivity contribution is -0.131. The van der Waals surface area contributed by atoms with Crippen molar-refractivity contribution in [3.63, 3.8) is 0 Å². The molecule has 2 rings (SSSR count). The van der Waals surface area contributed by atoms with Gasteiger partial charge < -0.3 is 15.3 Å². The van der Waals surface area contributed by atoms with Crippen LogP contribution >= 0.6 is 0 Å². The number of piperidine rings is 1. The third-order valence-corrected chi connectivity index (χ3v) is 3.58. The SMILES string of the molecule is O=C(CCNCc1cc(F)ccc1O)N1CCCCC1. The average molecular weight is 280 g/mol. The van der Waals surface area contributed by atoms with Crippen LogP contribution in [0.3, 0.4) is 0 Å². The highest BCUT2D eigenvalue weighted by Crippen LogP contribution is 2.17. The molecule has 0 unspecified atom stereocenters. The van der Waals surface area contributed by atoms with Crippen LogP contribution in [-0.4, -0.2) is 35.5 Å². The molecular weight excluding hydrogens is 259 g/mol. The van der Waals surface area contributed by atoms with Crippen LogP contribution in [0.1, 0.15) is 31.2 Å². The van der Waals surface area contributed by atoms with Crippen molar-refractivity contribution in [3.8, 4) is 5.75 Å². The van der Waals surface area contributed by atoms with E-state index in [2.05, 4.69) is 5.32 Å². The topological polar surface area (TPSA) is 52.6 Å². The van der Waals surface area contributed by atoms with E-state index in [-0.39, 0.29) is 17.5 Å². The monoisotopic (exact) mass is 280 g/mol. The van der Waals surface area contributed by atoms with E-state index in [9.17, 15) is 14.3 Å². The van der Waals surface area contributed by atoms with Gasteiger partial charge in [-0.25, -0.2) is 4.39 Å². The molecule has 1 heterocycles. The lowest BCUT2D eigenvalue weighted by Crippen LogP contribution is -2.37. The summed E-state index contributed by atoms with van der Waals surface area (Å²) in [6.45, 7) is 2.62. The first kappa shape index (κ1) is 14.8. The minimum absolute atomic E-state index is 0.0706. The number of halogens is 1. The fourth-order valence-corrected chi connectivity index (χ4v) is 2.42. The Balaban J connectivity index is 1.70. The molecule has 1 fully saturated rings. The molecule has 0 spiro atoms. The Morgan fingerprint density at radius 1 is 1.30 bits per heavy atom. The Bertz CT molecular complexity index is 459. The minimum Gasteiger partial charge on any atom is -0.508 e. The number of nitrogens with zero attached hydrogens (tertiary/aromatic N) is 1. The number of benzene rings is 1. The summed E-state index contributed by atoms with van der Waals surface area (Å²) >= 11 is 0. The number of rotatable bonds is 5. The Labute approximate surface area is 118 Å². The zero-order valence-corrected chi connectivity index (χ0v) is 11.6. The highest BCUT2D eigenvalue weighted by atomic mass is 19.1. The molecule has 0 aromatic heterocycles. The molecule has 1 amide bonds. The van der Waals surface area contributed by atoms with Gasteiger partial charge in [0, 0.05) is 38.2 Å². The molecular formula is C15H21FN2O2. The van der Waals surface area contributed by atoms with Crippen LogP contribution in [0, 0.1) is 5.82 Å². The van der Waals surface area contributed by atoms with Crippen LogP contribution in [0.2, 0.25) is 0 Å². The van der Waals surface area contributed by atoms with Crippen LogP contribution in [-0.2, 0) is 11.3 Å². The number of nitrogens with one attached hydrogen (secondary N) is 1. The summed E-state index contributed by atoms with van der Waals surface area (Å²) < 4.78 is 13.0. The maximum absolute atomic E-state index is 13.0. The largest absolute Gasteiger partial charge is 0.508 e. The fraction of sp³-hybridized carbons (Fsp3) is 0.533. The molecule has 1 aliphatic heterocycles. The number of phenols is 1. The lowest BCUT2D eigenvalue weighted by Gasteiger charge is -2.26. The summed E-state index contributed by atoms with van der Waals surface area (Å²) in [7, 11) is 0. The number of phenolic OH excluding ortho intramolecular Hbond substituents is 1. The van der Waals surface area contributed by atoms with Crippen molar-refractivity contribution in [2.45, 2.75) is 32.2 Å². The molecule has 0 radical (unpaired) electrons. The fourth-order valence-electron chi connectivity index (χ4n) is 2.42. The van der Waals surface area contributed by atoms with Crippen LogP contribution in [0.4, 0.5) is 4.39 Å². The molecule has 1 aromatic rings. The van der Waals surface area contributed by atoms with Crippen LogP contribution in [0.15, 0.2) is 18.2 Å². The first-order valence-electron chi connectivity index (χ1n) is 7.13. The number of amides is 1. The summed E-state index contributed by atoms with van der Waals surface area (Å²) in [6.07, 6.45) is 3.84. The predicted molar refractivity (Wildman–Crippen MR) is 74.8 cm³/mol. The molecule has 0 aliphatic carbocycles. The van der Waals surface area contributed by atoms with Gasteiger partial charge in [0.2, 0.25) is 5.91 Å². The Kier molecular flexibility index (Phi) is 5.35. The number of aromatic hydroxyl groups is 1. The Morgan fingerprint density at radius 2 is 2.05 bits per heavy atom. The van der Waals surface area contributed by atoms with Crippen molar-refractivity contribution in [2.24, 2.45) is 0 Å². The summed E-state index contributed by atoms with van der Waals surface area (Å²) in [5.41, 5.74) is 0.510. The third kappa shape index (κ3) is 4.20. The van der Waals surface area contributed by atoms with E-state index in [0.29, 0.717) is 25.1 Å². The van der Waals surface area contributed by atoms with Gasteiger partial charge in [-0.3, -0.25) is 4.79 Å². The quantitative estimate of drug-likeness (QED) is 0.811. The maximum atomic E-state index is 13.0. The van der Waals surface area contributed by atoms with E-state index in [1.165, 1.54) is 24.6 Å². The number of carbonyl (C=O) groups is 1. The standard InChI is InChI=1S/C15H21FN2O2/c16-13-4-5-14(19)12(10-13)11-17-7-6-15(20)18-8-2-1-3-9-18/h4-5,10,17,19H,1-3,6-9,11H2. The van der Waals surface area contributed by atoms with Gasteiger partial charge in [0.1, 0.15) is 11.6 Å². The maximum Gasteiger partial charge on any atom is 0.223 e. The molecule has 1 aliphatic rings. The lowest BCUT2D eigenvalue weighted by atomic mass is 10.1. The van der Waals surface area contributed by atoms with Crippen molar-refractivity contribution >= 4 is 5.91 Å². The molecule has 1 saturated heterocycles. The third-order valence-electron chi connectivity index (χ3n) is 3.58. The number of carbonyl (C=O) groups excluding carboxylic acids is 1. The van der Waals surface area contributed by atoms with Crippen molar-refractivity contribution in [2.75, 3.05) is 19.6 Å². The molecule has 5 heteroatoms.